The Morgan fingerprint density at radius 3 is 2.69 bits per heavy atom. The first-order valence-electron chi connectivity index (χ1n) is 5.15. The molecule has 0 heterocycles. The highest BCUT2D eigenvalue weighted by Crippen LogP contribution is 2.12. The van der Waals surface area contributed by atoms with Crippen LogP contribution < -0.4 is 11.1 Å². The maximum Gasteiger partial charge on any atom is 0.227 e. The predicted octanol–water partition coefficient (Wildman–Crippen LogP) is 1.45. The van der Waals surface area contributed by atoms with Gasteiger partial charge in [0.2, 0.25) is 11.8 Å². The Hall–Kier alpha value is -1.84. The number of nitrogens with one attached hydrogen (secondary N) is 1. The van der Waals surface area contributed by atoms with Crippen molar-refractivity contribution in [2.45, 2.75) is 20.3 Å². The lowest BCUT2D eigenvalue weighted by Gasteiger charge is -2.10. The van der Waals surface area contributed by atoms with Gasteiger partial charge in [-0.05, 0) is 24.6 Å². The molecule has 0 aliphatic heterocycles. The average Bonchev–Trinajstić information content (AvgIpc) is 2.16. The van der Waals surface area contributed by atoms with Gasteiger partial charge in [-0.25, -0.2) is 0 Å². The van der Waals surface area contributed by atoms with Crippen molar-refractivity contribution in [1.82, 2.24) is 0 Å². The first kappa shape index (κ1) is 12.2. The quantitative estimate of drug-likeness (QED) is 0.806. The van der Waals surface area contributed by atoms with Gasteiger partial charge in [-0.2, -0.15) is 0 Å². The first-order valence-corrected chi connectivity index (χ1v) is 5.15. The van der Waals surface area contributed by atoms with Crippen molar-refractivity contribution in [1.29, 1.82) is 0 Å². The Kier molecular flexibility index (Phi) is 4.05. The van der Waals surface area contributed by atoms with Gasteiger partial charge in [0.25, 0.3) is 0 Å². The summed E-state index contributed by atoms with van der Waals surface area (Å²) in [6.45, 7) is 3.62. The fourth-order valence-electron chi connectivity index (χ4n) is 1.38. The topological polar surface area (TPSA) is 72.2 Å². The molecule has 1 unspecified atom stereocenters. The molecule has 4 heteroatoms. The predicted molar refractivity (Wildman–Crippen MR) is 62.8 cm³/mol. The van der Waals surface area contributed by atoms with Gasteiger partial charge in [0.15, 0.2) is 0 Å². The van der Waals surface area contributed by atoms with Gasteiger partial charge < -0.3 is 11.1 Å². The molecular weight excluding hydrogens is 204 g/mol. The van der Waals surface area contributed by atoms with E-state index in [9.17, 15) is 9.59 Å². The summed E-state index contributed by atoms with van der Waals surface area (Å²) in [7, 11) is 0. The van der Waals surface area contributed by atoms with Gasteiger partial charge in [0.05, 0.1) is 0 Å². The summed E-state index contributed by atoms with van der Waals surface area (Å²) in [5.41, 5.74) is 6.84. The second kappa shape index (κ2) is 5.30. The van der Waals surface area contributed by atoms with Crippen LogP contribution in [0.4, 0.5) is 5.69 Å². The van der Waals surface area contributed by atoms with E-state index in [-0.39, 0.29) is 12.3 Å². The van der Waals surface area contributed by atoms with Crippen LogP contribution in [0.25, 0.3) is 0 Å². The molecule has 1 rings (SSSR count). The van der Waals surface area contributed by atoms with Gasteiger partial charge in [-0.1, -0.05) is 19.1 Å². The number of carbonyl (C=O) groups is 2. The molecule has 4 nitrogen and oxygen atoms in total. The van der Waals surface area contributed by atoms with Crippen molar-refractivity contribution in [2.24, 2.45) is 11.7 Å². The Balaban J connectivity index is 2.60. The first-order chi connectivity index (χ1) is 7.49. The molecule has 0 bridgehead atoms. The van der Waals surface area contributed by atoms with Crippen molar-refractivity contribution in [2.75, 3.05) is 5.32 Å². The van der Waals surface area contributed by atoms with Crippen LogP contribution in [0.5, 0.6) is 0 Å². The highest BCUT2D eigenvalue weighted by molar-refractivity contribution is 5.94. The average molecular weight is 220 g/mol. The molecule has 0 aliphatic carbocycles. The van der Waals surface area contributed by atoms with Crippen LogP contribution in [0.3, 0.4) is 0 Å². The number of hydrogen-bond donors (Lipinski definition) is 2. The van der Waals surface area contributed by atoms with E-state index in [1.54, 1.807) is 6.92 Å². The zero-order valence-corrected chi connectivity index (χ0v) is 9.49. The molecular formula is C12H16N2O2. The fourth-order valence-corrected chi connectivity index (χ4v) is 1.38. The van der Waals surface area contributed by atoms with Crippen molar-refractivity contribution >= 4 is 17.5 Å². The minimum atomic E-state index is -0.466. The molecule has 1 aromatic rings. The van der Waals surface area contributed by atoms with Crippen LogP contribution in [0.1, 0.15) is 18.9 Å². The van der Waals surface area contributed by atoms with Crippen LogP contribution in [-0.4, -0.2) is 11.8 Å². The lowest BCUT2D eigenvalue weighted by atomic mass is 10.1. The third-order valence-corrected chi connectivity index (χ3v) is 2.24. The highest BCUT2D eigenvalue weighted by atomic mass is 16.2. The van der Waals surface area contributed by atoms with Crippen LogP contribution in [-0.2, 0) is 9.59 Å². The van der Waals surface area contributed by atoms with E-state index in [0.29, 0.717) is 0 Å². The summed E-state index contributed by atoms with van der Waals surface area (Å²) in [6.07, 6.45) is 0.0671. The zero-order valence-electron chi connectivity index (χ0n) is 9.49. The molecule has 0 spiro atoms. The number of primary amides is 1. The largest absolute Gasteiger partial charge is 0.370 e. The monoisotopic (exact) mass is 220 g/mol. The number of aryl methyl sites for hydroxylation is 1. The minimum Gasteiger partial charge on any atom is -0.370 e. The Labute approximate surface area is 94.8 Å². The fraction of sp³-hybridized carbons (Fsp3) is 0.333. The normalized spacial score (nSPS) is 11.9. The number of amides is 2. The lowest BCUT2D eigenvalue weighted by Crippen LogP contribution is -2.25. The van der Waals surface area contributed by atoms with E-state index in [4.69, 9.17) is 5.73 Å². The van der Waals surface area contributed by atoms with Gasteiger partial charge in [0, 0.05) is 18.0 Å². The lowest BCUT2D eigenvalue weighted by molar-refractivity contribution is -0.125. The van der Waals surface area contributed by atoms with Gasteiger partial charge in [-0.15, -0.1) is 0 Å². The molecule has 2 amide bonds. The van der Waals surface area contributed by atoms with E-state index < -0.39 is 11.8 Å². The molecule has 86 valence electrons. The maximum atomic E-state index is 11.6. The molecule has 0 radical (unpaired) electrons. The molecule has 0 aliphatic rings. The number of rotatable bonds is 4. The highest BCUT2D eigenvalue weighted by Gasteiger charge is 2.15. The van der Waals surface area contributed by atoms with E-state index in [1.807, 2.05) is 31.2 Å². The van der Waals surface area contributed by atoms with E-state index in [1.165, 1.54) is 0 Å². The van der Waals surface area contributed by atoms with Crippen LogP contribution in [0, 0.1) is 12.8 Å². The molecule has 1 atom stereocenters. The summed E-state index contributed by atoms with van der Waals surface area (Å²) in [5, 5.41) is 2.74. The number of nitrogens with two attached hydrogens (primary N) is 1. The van der Waals surface area contributed by atoms with Crippen molar-refractivity contribution in [3.05, 3.63) is 29.8 Å². The van der Waals surface area contributed by atoms with Crippen molar-refractivity contribution < 1.29 is 9.59 Å². The van der Waals surface area contributed by atoms with Gasteiger partial charge in [0.1, 0.15) is 0 Å². The smallest absolute Gasteiger partial charge is 0.227 e. The van der Waals surface area contributed by atoms with Crippen LogP contribution in [0.15, 0.2) is 24.3 Å². The number of benzene rings is 1. The maximum absolute atomic E-state index is 11.6. The third-order valence-electron chi connectivity index (χ3n) is 2.24. The summed E-state index contributed by atoms with van der Waals surface area (Å²) in [6, 6.07) is 7.49. The van der Waals surface area contributed by atoms with Gasteiger partial charge >= 0.3 is 0 Å². The number of carbonyl (C=O) groups excluding carboxylic acids is 2. The van der Waals surface area contributed by atoms with Crippen molar-refractivity contribution in [3.63, 3.8) is 0 Å². The third kappa shape index (κ3) is 3.73. The molecule has 0 saturated heterocycles. The molecule has 0 fully saturated rings. The second-order valence-corrected chi connectivity index (χ2v) is 3.93. The minimum absolute atomic E-state index is 0.0671. The molecule has 0 saturated carbocycles. The summed E-state index contributed by atoms with van der Waals surface area (Å²) in [4.78, 5) is 22.3. The standard InChI is InChI=1S/C12H16N2O2/c1-8-4-3-5-10(6-8)14-12(16)9(2)7-11(13)15/h3-6,9H,7H2,1-2H3,(H2,13,15)(H,14,16). The van der Waals surface area contributed by atoms with Crippen LogP contribution >= 0.6 is 0 Å². The van der Waals surface area contributed by atoms with E-state index in [2.05, 4.69) is 5.32 Å². The Bertz CT molecular complexity index is 402. The summed E-state index contributed by atoms with van der Waals surface area (Å²) >= 11 is 0. The second-order valence-electron chi connectivity index (χ2n) is 3.93. The SMILES string of the molecule is Cc1cccc(NC(=O)C(C)CC(N)=O)c1. The van der Waals surface area contributed by atoms with Crippen LogP contribution in [0.2, 0.25) is 0 Å². The summed E-state index contributed by atoms with van der Waals surface area (Å²) in [5.74, 6) is -1.06. The summed E-state index contributed by atoms with van der Waals surface area (Å²) < 4.78 is 0. The number of anilines is 1. The number of hydrogen-bond acceptors (Lipinski definition) is 2. The molecule has 0 aromatic heterocycles. The molecule has 1 aromatic carbocycles. The molecule has 3 N–H and O–H groups in total. The van der Waals surface area contributed by atoms with Crippen molar-refractivity contribution in [3.8, 4) is 0 Å². The van der Waals surface area contributed by atoms with E-state index in [0.717, 1.165) is 11.3 Å². The Morgan fingerprint density at radius 2 is 2.12 bits per heavy atom. The van der Waals surface area contributed by atoms with E-state index >= 15 is 0 Å². The Morgan fingerprint density at radius 1 is 1.44 bits per heavy atom. The van der Waals surface area contributed by atoms with Gasteiger partial charge in [-0.3, -0.25) is 9.59 Å². The zero-order chi connectivity index (χ0) is 12.1. The molecule has 16 heavy (non-hydrogen) atoms.